The Hall–Kier alpha value is -2.52. The predicted molar refractivity (Wildman–Crippen MR) is 106 cm³/mol. The van der Waals surface area contributed by atoms with Gasteiger partial charge in [-0.05, 0) is 50.5 Å². The SMILES string of the molecule is CC#CC(=O)N1CC(c2c(F)cc(C(N)=O)c3[nH]c(C)c(Cl)c23)CC2(CC2)C1. The fourth-order valence-electron chi connectivity index (χ4n) is 4.51. The lowest BCUT2D eigenvalue weighted by molar-refractivity contribution is -0.127. The number of amides is 2. The number of aromatic amines is 1. The topological polar surface area (TPSA) is 79.2 Å². The number of nitrogens with two attached hydrogens (primary N) is 1. The lowest BCUT2D eigenvalue weighted by Crippen LogP contribution is -2.44. The number of nitrogens with one attached hydrogen (secondary N) is 1. The van der Waals surface area contributed by atoms with Crippen molar-refractivity contribution in [3.8, 4) is 11.8 Å². The number of carbonyl (C=O) groups excluding carboxylic acids is 2. The minimum Gasteiger partial charge on any atom is -0.366 e. The van der Waals surface area contributed by atoms with Gasteiger partial charge in [-0.1, -0.05) is 17.5 Å². The van der Waals surface area contributed by atoms with Crippen molar-refractivity contribution in [2.45, 2.75) is 39.0 Å². The number of hydrogen-bond acceptors (Lipinski definition) is 2. The number of primary amides is 1. The molecule has 2 amide bonds. The molecule has 1 aliphatic heterocycles. The van der Waals surface area contributed by atoms with E-state index in [1.165, 1.54) is 6.07 Å². The Morgan fingerprint density at radius 2 is 2.14 bits per heavy atom. The molecule has 2 aromatic rings. The summed E-state index contributed by atoms with van der Waals surface area (Å²) in [6, 6.07) is 1.18. The van der Waals surface area contributed by atoms with Crippen molar-refractivity contribution in [2.24, 2.45) is 11.1 Å². The van der Waals surface area contributed by atoms with Gasteiger partial charge in [0.2, 0.25) is 0 Å². The number of likely N-dealkylation sites (tertiary alicyclic amines) is 1. The van der Waals surface area contributed by atoms with Gasteiger partial charge in [-0.2, -0.15) is 0 Å². The van der Waals surface area contributed by atoms with Crippen LogP contribution < -0.4 is 5.73 Å². The quantitative estimate of drug-likeness (QED) is 0.755. The fraction of sp³-hybridized carbons (Fsp3) is 0.429. The normalized spacial score (nSPS) is 20.1. The maximum absolute atomic E-state index is 15.3. The van der Waals surface area contributed by atoms with Crippen molar-refractivity contribution in [3.05, 3.63) is 33.7 Å². The molecule has 1 spiro atoms. The van der Waals surface area contributed by atoms with E-state index >= 15 is 4.39 Å². The first-order valence-corrected chi connectivity index (χ1v) is 9.66. The first kappa shape index (κ1) is 18.8. The average Bonchev–Trinajstić information content (AvgIpc) is 3.31. The van der Waals surface area contributed by atoms with Gasteiger partial charge < -0.3 is 15.6 Å². The van der Waals surface area contributed by atoms with Gasteiger partial charge in [-0.25, -0.2) is 4.39 Å². The Morgan fingerprint density at radius 1 is 1.43 bits per heavy atom. The minimum absolute atomic E-state index is 0.0208. The molecule has 1 saturated heterocycles. The lowest BCUT2D eigenvalue weighted by atomic mass is 9.80. The van der Waals surface area contributed by atoms with E-state index in [2.05, 4.69) is 16.8 Å². The maximum Gasteiger partial charge on any atom is 0.298 e. The molecule has 0 radical (unpaired) electrons. The van der Waals surface area contributed by atoms with Crippen LogP contribution in [0.4, 0.5) is 4.39 Å². The molecule has 2 heterocycles. The Balaban J connectivity index is 1.87. The van der Waals surface area contributed by atoms with Crippen molar-refractivity contribution < 1.29 is 14.0 Å². The van der Waals surface area contributed by atoms with Crippen LogP contribution in [0.1, 0.15) is 53.7 Å². The molecule has 1 unspecified atom stereocenters. The number of rotatable bonds is 2. The molecule has 3 N–H and O–H groups in total. The van der Waals surface area contributed by atoms with Gasteiger partial charge in [0, 0.05) is 35.7 Å². The minimum atomic E-state index is -0.717. The second-order valence-electron chi connectivity index (χ2n) is 7.96. The van der Waals surface area contributed by atoms with E-state index in [4.69, 9.17) is 17.3 Å². The molecular formula is C21H21ClFN3O2. The molecule has 2 fully saturated rings. The molecule has 1 atom stereocenters. The highest BCUT2D eigenvalue weighted by molar-refractivity contribution is 6.37. The summed E-state index contributed by atoms with van der Waals surface area (Å²) in [6.07, 6.45) is 2.80. The number of fused-ring (bicyclic) bond motifs is 1. The van der Waals surface area contributed by atoms with Crippen molar-refractivity contribution >= 4 is 34.3 Å². The molecular weight excluding hydrogens is 381 g/mol. The molecule has 7 heteroatoms. The van der Waals surface area contributed by atoms with E-state index in [-0.39, 0.29) is 22.8 Å². The zero-order valence-electron chi connectivity index (χ0n) is 15.8. The molecule has 1 aromatic carbocycles. The van der Waals surface area contributed by atoms with Crippen LogP contribution in [0.15, 0.2) is 6.07 Å². The van der Waals surface area contributed by atoms with Crippen LogP contribution in [0.3, 0.4) is 0 Å². The monoisotopic (exact) mass is 401 g/mol. The number of hydrogen-bond donors (Lipinski definition) is 2. The number of carbonyl (C=O) groups is 2. The number of halogens is 2. The summed E-state index contributed by atoms with van der Waals surface area (Å²) in [5, 5.41) is 0.873. The predicted octanol–water partition coefficient (Wildman–Crippen LogP) is 3.49. The number of H-pyrrole nitrogens is 1. The average molecular weight is 402 g/mol. The zero-order chi connectivity index (χ0) is 20.2. The van der Waals surface area contributed by atoms with Crippen LogP contribution >= 0.6 is 11.6 Å². The van der Waals surface area contributed by atoms with Gasteiger partial charge in [-0.3, -0.25) is 9.59 Å². The number of nitrogens with zero attached hydrogens (tertiary/aromatic N) is 1. The molecule has 28 heavy (non-hydrogen) atoms. The number of benzene rings is 1. The molecule has 2 aliphatic rings. The van der Waals surface area contributed by atoms with Crippen LogP contribution in [0.2, 0.25) is 5.02 Å². The zero-order valence-corrected chi connectivity index (χ0v) is 16.5. The van der Waals surface area contributed by atoms with Gasteiger partial charge in [-0.15, -0.1) is 0 Å². The summed E-state index contributed by atoms with van der Waals surface area (Å²) in [7, 11) is 0. The van der Waals surface area contributed by atoms with Crippen LogP contribution in [-0.4, -0.2) is 34.8 Å². The third-order valence-corrected chi connectivity index (χ3v) is 6.45. The molecule has 146 valence electrons. The first-order valence-electron chi connectivity index (χ1n) is 9.28. The second kappa shape index (κ2) is 6.52. The van der Waals surface area contributed by atoms with Crippen molar-refractivity contribution in [2.75, 3.05) is 13.1 Å². The highest BCUT2D eigenvalue weighted by Crippen LogP contribution is 2.56. The van der Waals surface area contributed by atoms with Crippen LogP contribution in [0.5, 0.6) is 0 Å². The molecule has 0 bridgehead atoms. The molecule has 1 aromatic heterocycles. The summed E-state index contributed by atoms with van der Waals surface area (Å²) in [5.41, 5.74) is 7.09. The second-order valence-corrected chi connectivity index (χ2v) is 8.34. The van der Waals surface area contributed by atoms with E-state index in [0.29, 0.717) is 40.3 Å². The van der Waals surface area contributed by atoms with Crippen LogP contribution in [-0.2, 0) is 4.79 Å². The highest BCUT2D eigenvalue weighted by atomic mass is 35.5. The lowest BCUT2D eigenvalue weighted by Gasteiger charge is -2.38. The number of aromatic nitrogens is 1. The maximum atomic E-state index is 15.3. The third-order valence-electron chi connectivity index (χ3n) is 5.97. The molecule has 4 rings (SSSR count). The van der Waals surface area contributed by atoms with E-state index in [9.17, 15) is 9.59 Å². The summed E-state index contributed by atoms with van der Waals surface area (Å²) >= 11 is 6.50. The number of piperidine rings is 1. The first-order chi connectivity index (χ1) is 13.3. The summed E-state index contributed by atoms with van der Waals surface area (Å²) in [4.78, 5) is 29.0. The standard InChI is InChI=1S/C21H21ClFN3O2/c1-3-4-15(27)26-9-12(8-21(10-26)5-6-21)16-14(23)7-13(20(24)28)19-17(16)18(22)11(2)25-19/h7,12,25H,5-6,8-10H2,1-2H3,(H2,24,28). The third kappa shape index (κ3) is 2.94. The molecule has 5 nitrogen and oxygen atoms in total. The van der Waals surface area contributed by atoms with Gasteiger partial charge in [0.25, 0.3) is 11.8 Å². The van der Waals surface area contributed by atoms with Crippen molar-refractivity contribution in [3.63, 3.8) is 0 Å². The van der Waals surface area contributed by atoms with Gasteiger partial charge in [0.05, 0.1) is 16.1 Å². The van der Waals surface area contributed by atoms with Gasteiger partial charge >= 0.3 is 0 Å². The van der Waals surface area contributed by atoms with Gasteiger partial charge in [0.1, 0.15) is 5.82 Å². The van der Waals surface area contributed by atoms with Crippen LogP contribution in [0, 0.1) is 30.0 Å². The smallest absolute Gasteiger partial charge is 0.298 e. The van der Waals surface area contributed by atoms with E-state index in [1.54, 1.807) is 18.7 Å². The molecule has 1 aliphatic carbocycles. The van der Waals surface area contributed by atoms with Gasteiger partial charge in [0.15, 0.2) is 0 Å². The van der Waals surface area contributed by atoms with Crippen molar-refractivity contribution in [1.82, 2.24) is 9.88 Å². The van der Waals surface area contributed by atoms with E-state index in [1.807, 2.05) is 0 Å². The van der Waals surface area contributed by atoms with E-state index < -0.39 is 11.7 Å². The van der Waals surface area contributed by atoms with E-state index in [0.717, 1.165) is 19.3 Å². The Morgan fingerprint density at radius 3 is 2.75 bits per heavy atom. The summed E-state index contributed by atoms with van der Waals surface area (Å²) < 4.78 is 15.3. The Labute approximate surface area is 167 Å². The Kier molecular flexibility index (Phi) is 4.39. The summed E-state index contributed by atoms with van der Waals surface area (Å²) in [5.74, 6) is 3.55. The largest absolute Gasteiger partial charge is 0.366 e. The van der Waals surface area contributed by atoms with Crippen molar-refractivity contribution in [1.29, 1.82) is 0 Å². The number of aryl methyl sites for hydroxylation is 1. The highest BCUT2D eigenvalue weighted by Gasteiger charge is 2.50. The van der Waals surface area contributed by atoms with Crippen LogP contribution in [0.25, 0.3) is 10.9 Å². The Bertz CT molecular complexity index is 1070. The molecule has 1 saturated carbocycles. The fourth-order valence-corrected chi connectivity index (χ4v) is 4.75. The summed E-state index contributed by atoms with van der Waals surface area (Å²) in [6.45, 7) is 4.42.